The molecule has 126 valence electrons. The molecule has 2 heterocycles. The van der Waals surface area contributed by atoms with E-state index in [9.17, 15) is 9.59 Å². The number of aromatic nitrogens is 1. The van der Waals surface area contributed by atoms with Gasteiger partial charge >= 0.3 is 5.97 Å². The first-order valence-electron chi connectivity index (χ1n) is 7.94. The zero-order valence-corrected chi connectivity index (χ0v) is 14.1. The highest BCUT2D eigenvalue weighted by molar-refractivity contribution is 6.33. The Kier molecular flexibility index (Phi) is 6.21. The van der Waals surface area contributed by atoms with Crippen molar-refractivity contribution in [2.24, 2.45) is 0 Å². The van der Waals surface area contributed by atoms with Gasteiger partial charge in [-0.25, -0.2) is 4.98 Å². The Morgan fingerprint density at radius 1 is 1.35 bits per heavy atom. The minimum absolute atomic E-state index is 0.0640. The molecule has 0 aliphatic carbocycles. The topological polar surface area (TPSA) is 73.7 Å². The molecule has 1 saturated heterocycles. The number of rotatable bonds is 6. The Labute approximate surface area is 141 Å². The van der Waals surface area contributed by atoms with Crippen molar-refractivity contribution in [2.75, 3.05) is 31.1 Å². The summed E-state index contributed by atoms with van der Waals surface area (Å²) >= 11 is 6.26. The number of hydrogen-bond donors (Lipinski definition) is 1. The number of carbonyl (C=O) groups is 2. The Morgan fingerprint density at radius 2 is 2.04 bits per heavy atom. The molecule has 0 unspecified atom stereocenters. The fourth-order valence-electron chi connectivity index (χ4n) is 2.75. The number of carboxylic acid groups (broad SMARTS) is 1. The van der Waals surface area contributed by atoms with Crippen LogP contribution in [0.2, 0.25) is 5.02 Å². The van der Waals surface area contributed by atoms with Crippen molar-refractivity contribution in [1.82, 2.24) is 9.88 Å². The molecule has 1 aliphatic rings. The normalized spacial score (nSPS) is 14.6. The first-order valence-corrected chi connectivity index (χ1v) is 8.32. The van der Waals surface area contributed by atoms with Crippen molar-refractivity contribution < 1.29 is 14.7 Å². The number of amides is 1. The van der Waals surface area contributed by atoms with Crippen molar-refractivity contribution in [3.05, 3.63) is 22.8 Å². The van der Waals surface area contributed by atoms with E-state index in [-0.39, 0.29) is 12.5 Å². The van der Waals surface area contributed by atoms with Gasteiger partial charge in [0.05, 0.1) is 10.6 Å². The summed E-state index contributed by atoms with van der Waals surface area (Å²) < 4.78 is 0. The van der Waals surface area contributed by atoms with Crippen LogP contribution in [0.25, 0.3) is 0 Å². The van der Waals surface area contributed by atoms with Crippen LogP contribution < -0.4 is 4.90 Å². The highest BCUT2D eigenvalue weighted by Gasteiger charge is 2.21. The number of nitrogens with zero attached hydrogens (tertiary/aromatic N) is 3. The highest BCUT2D eigenvalue weighted by atomic mass is 35.5. The molecule has 0 aromatic carbocycles. The molecule has 0 atom stereocenters. The summed E-state index contributed by atoms with van der Waals surface area (Å²) in [6.45, 7) is 3.85. The lowest BCUT2D eigenvalue weighted by Gasteiger charge is -2.27. The van der Waals surface area contributed by atoms with E-state index in [2.05, 4.69) is 4.98 Å². The minimum Gasteiger partial charge on any atom is -0.480 e. The van der Waals surface area contributed by atoms with Crippen molar-refractivity contribution in [3.63, 3.8) is 0 Å². The third-order valence-electron chi connectivity index (χ3n) is 3.83. The predicted octanol–water partition coefficient (Wildman–Crippen LogP) is 2.66. The monoisotopic (exact) mass is 339 g/mol. The van der Waals surface area contributed by atoms with Crippen molar-refractivity contribution >= 4 is 29.3 Å². The SMILES string of the molecule is CCCN(CC(=O)O)c1ncc(C(=O)N2CCCCC2)cc1Cl. The summed E-state index contributed by atoms with van der Waals surface area (Å²) in [5.41, 5.74) is 0.451. The summed E-state index contributed by atoms with van der Waals surface area (Å²) in [6, 6.07) is 1.59. The number of pyridine rings is 1. The molecule has 1 N–H and O–H groups in total. The summed E-state index contributed by atoms with van der Waals surface area (Å²) in [4.78, 5) is 31.1. The molecule has 1 amide bonds. The Balaban J connectivity index is 2.18. The molecule has 7 heteroatoms. The Bertz CT molecular complexity index is 574. The number of halogens is 1. The highest BCUT2D eigenvalue weighted by Crippen LogP contribution is 2.25. The zero-order chi connectivity index (χ0) is 16.8. The largest absolute Gasteiger partial charge is 0.480 e. The van der Waals surface area contributed by atoms with Crippen LogP contribution >= 0.6 is 11.6 Å². The molecule has 23 heavy (non-hydrogen) atoms. The lowest BCUT2D eigenvalue weighted by molar-refractivity contribution is -0.135. The lowest BCUT2D eigenvalue weighted by Crippen LogP contribution is -2.36. The number of likely N-dealkylation sites (tertiary alicyclic amines) is 1. The molecular formula is C16H22ClN3O3. The zero-order valence-electron chi connectivity index (χ0n) is 13.3. The quantitative estimate of drug-likeness (QED) is 0.862. The van der Waals surface area contributed by atoms with Gasteiger partial charge in [0.15, 0.2) is 0 Å². The van der Waals surface area contributed by atoms with Gasteiger partial charge < -0.3 is 14.9 Å². The first kappa shape index (κ1) is 17.5. The maximum absolute atomic E-state index is 12.5. The molecule has 1 aromatic heterocycles. The van der Waals surface area contributed by atoms with E-state index in [4.69, 9.17) is 16.7 Å². The lowest BCUT2D eigenvalue weighted by atomic mass is 10.1. The van der Waals surface area contributed by atoms with Gasteiger partial charge in [-0.2, -0.15) is 0 Å². The molecule has 0 spiro atoms. The smallest absolute Gasteiger partial charge is 0.323 e. The van der Waals surface area contributed by atoms with E-state index in [1.807, 2.05) is 11.8 Å². The number of anilines is 1. The van der Waals surface area contributed by atoms with Gasteiger partial charge in [-0.1, -0.05) is 18.5 Å². The summed E-state index contributed by atoms with van der Waals surface area (Å²) in [5, 5.41) is 9.31. The number of piperidine rings is 1. The molecular weight excluding hydrogens is 318 g/mol. The van der Waals surface area contributed by atoms with E-state index in [0.29, 0.717) is 22.9 Å². The summed E-state index contributed by atoms with van der Waals surface area (Å²) in [7, 11) is 0. The maximum atomic E-state index is 12.5. The number of carbonyl (C=O) groups excluding carboxylic acids is 1. The van der Waals surface area contributed by atoms with Gasteiger partial charge in [0.1, 0.15) is 12.4 Å². The van der Waals surface area contributed by atoms with Crippen LogP contribution in [0.5, 0.6) is 0 Å². The van der Waals surface area contributed by atoms with E-state index < -0.39 is 5.97 Å². The second-order valence-corrected chi connectivity index (χ2v) is 6.10. The number of carboxylic acids is 1. The van der Waals surface area contributed by atoms with Crippen LogP contribution in [-0.2, 0) is 4.79 Å². The maximum Gasteiger partial charge on any atom is 0.323 e. The first-order chi connectivity index (χ1) is 11.0. The van der Waals surface area contributed by atoms with Crippen LogP contribution in [0.3, 0.4) is 0 Å². The molecule has 2 rings (SSSR count). The predicted molar refractivity (Wildman–Crippen MR) is 89.1 cm³/mol. The molecule has 0 bridgehead atoms. The van der Waals surface area contributed by atoms with Gasteiger partial charge in [0, 0.05) is 25.8 Å². The number of aliphatic carboxylic acids is 1. The van der Waals surface area contributed by atoms with Crippen molar-refractivity contribution in [3.8, 4) is 0 Å². The summed E-state index contributed by atoms with van der Waals surface area (Å²) in [6.07, 6.45) is 5.47. The summed E-state index contributed by atoms with van der Waals surface area (Å²) in [5.74, 6) is -0.596. The van der Waals surface area contributed by atoms with Crippen LogP contribution in [0.1, 0.15) is 43.0 Å². The van der Waals surface area contributed by atoms with E-state index in [1.54, 1.807) is 11.0 Å². The molecule has 1 aromatic rings. The Hall–Kier alpha value is -1.82. The van der Waals surface area contributed by atoms with Gasteiger partial charge in [-0.15, -0.1) is 0 Å². The fourth-order valence-corrected chi connectivity index (χ4v) is 3.04. The third-order valence-corrected chi connectivity index (χ3v) is 4.11. The van der Waals surface area contributed by atoms with E-state index in [0.717, 1.165) is 38.8 Å². The van der Waals surface area contributed by atoms with Crippen molar-refractivity contribution in [2.45, 2.75) is 32.6 Å². The standard InChI is InChI=1S/C16H22ClN3O3/c1-2-6-20(11-14(21)22)15-13(17)9-12(10-18-15)16(23)19-7-4-3-5-8-19/h9-10H,2-8,11H2,1H3,(H,21,22). The second-order valence-electron chi connectivity index (χ2n) is 5.70. The average molecular weight is 340 g/mol. The average Bonchev–Trinajstić information content (AvgIpc) is 2.54. The van der Waals surface area contributed by atoms with E-state index >= 15 is 0 Å². The molecule has 0 radical (unpaired) electrons. The van der Waals surface area contributed by atoms with Crippen LogP contribution in [0.15, 0.2) is 12.3 Å². The van der Waals surface area contributed by atoms with Gasteiger partial charge in [0.25, 0.3) is 5.91 Å². The van der Waals surface area contributed by atoms with Gasteiger partial charge in [-0.05, 0) is 31.7 Å². The van der Waals surface area contributed by atoms with Crippen molar-refractivity contribution in [1.29, 1.82) is 0 Å². The van der Waals surface area contributed by atoms with Gasteiger partial charge in [-0.3, -0.25) is 9.59 Å². The van der Waals surface area contributed by atoms with Gasteiger partial charge in [0.2, 0.25) is 0 Å². The van der Waals surface area contributed by atoms with Crippen LogP contribution in [0, 0.1) is 0 Å². The molecule has 0 saturated carbocycles. The number of hydrogen-bond acceptors (Lipinski definition) is 4. The molecule has 1 fully saturated rings. The second kappa shape index (κ2) is 8.15. The minimum atomic E-state index is -0.940. The fraction of sp³-hybridized carbons (Fsp3) is 0.562. The third kappa shape index (κ3) is 4.58. The van der Waals surface area contributed by atoms with Crippen LogP contribution in [-0.4, -0.2) is 53.0 Å². The Morgan fingerprint density at radius 3 is 2.61 bits per heavy atom. The molecule has 1 aliphatic heterocycles. The molecule has 6 nitrogen and oxygen atoms in total. The van der Waals surface area contributed by atoms with Crippen LogP contribution in [0.4, 0.5) is 5.82 Å². The van der Waals surface area contributed by atoms with E-state index in [1.165, 1.54) is 6.20 Å².